The van der Waals surface area contributed by atoms with E-state index in [4.69, 9.17) is 11.0 Å². The Balaban J connectivity index is 0.000000921. The van der Waals surface area contributed by atoms with Crippen LogP contribution < -0.4 is 5.73 Å². The molecule has 0 amide bonds. The van der Waals surface area contributed by atoms with Gasteiger partial charge in [0.15, 0.2) is 0 Å². The highest BCUT2D eigenvalue weighted by Gasteiger charge is 1.99. The Hall–Kier alpha value is -1.33. The van der Waals surface area contributed by atoms with Crippen molar-refractivity contribution in [3.05, 3.63) is 35.9 Å². The molecule has 1 atom stereocenters. The molecule has 1 aromatic rings. The molecule has 0 aliphatic heterocycles. The SMILES string of the molecule is CC.N#CC(N)CCCc1ccccc1. The fourth-order valence-electron chi connectivity index (χ4n) is 1.24. The van der Waals surface area contributed by atoms with Crippen LogP contribution in [0.1, 0.15) is 32.3 Å². The highest BCUT2D eigenvalue weighted by Crippen LogP contribution is 2.05. The van der Waals surface area contributed by atoms with Crippen LogP contribution in [-0.2, 0) is 6.42 Å². The predicted octanol–water partition coefficient (Wildman–Crippen LogP) is 2.89. The molecule has 0 aliphatic rings. The number of nitriles is 1. The number of hydrogen-bond acceptors (Lipinski definition) is 2. The normalized spacial score (nSPS) is 10.8. The van der Waals surface area contributed by atoms with Gasteiger partial charge in [0.2, 0.25) is 0 Å². The van der Waals surface area contributed by atoms with Crippen LogP contribution in [0.3, 0.4) is 0 Å². The van der Waals surface area contributed by atoms with Gasteiger partial charge in [-0.25, -0.2) is 0 Å². The summed E-state index contributed by atoms with van der Waals surface area (Å²) in [5.41, 5.74) is 6.79. The Morgan fingerprint density at radius 1 is 1.27 bits per heavy atom. The summed E-state index contributed by atoms with van der Waals surface area (Å²) in [6.07, 6.45) is 2.78. The van der Waals surface area contributed by atoms with Gasteiger partial charge in [0, 0.05) is 0 Å². The molecule has 1 aromatic carbocycles. The lowest BCUT2D eigenvalue weighted by Crippen LogP contribution is -2.16. The van der Waals surface area contributed by atoms with Gasteiger partial charge in [0.1, 0.15) is 0 Å². The molecule has 2 N–H and O–H groups in total. The number of hydrogen-bond donors (Lipinski definition) is 1. The highest BCUT2D eigenvalue weighted by molar-refractivity contribution is 5.14. The van der Waals surface area contributed by atoms with Gasteiger partial charge in [0.05, 0.1) is 12.1 Å². The average molecular weight is 204 g/mol. The minimum absolute atomic E-state index is 0.302. The van der Waals surface area contributed by atoms with Crippen LogP contribution in [0.25, 0.3) is 0 Å². The topological polar surface area (TPSA) is 49.8 Å². The first-order valence-corrected chi connectivity index (χ1v) is 5.52. The fourth-order valence-corrected chi connectivity index (χ4v) is 1.24. The van der Waals surface area contributed by atoms with Crippen LogP contribution in [0.4, 0.5) is 0 Å². The van der Waals surface area contributed by atoms with Gasteiger partial charge in [-0.05, 0) is 24.8 Å². The summed E-state index contributed by atoms with van der Waals surface area (Å²) in [6, 6.07) is 12.0. The van der Waals surface area contributed by atoms with Gasteiger partial charge >= 0.3 is 0 Å². The summed E-state index contributed by atoms with van der Waals surface area (Å²) in [5.74, 6) is 0. The molecule has 0 radical (unpaired) electrons. The van der Waals surface area contributed by atoms with Crippen LogP contribution in [0, 0.1) is 11.3 Å². The Morgan fingerprint density at radius 2 is 1.87 bits per heavy atom. The lowest BCUT2D eigenvalue weighted by atomic mass is 10.1. The number of benzene rings is 1. The summed E-state index contributed by atoms with van der Waals surface area (Å²) >= 11 is 0. The van der Waals surface area contributed by atoms with Crippen molar-refractivity contribution in [2.24, 2.45) is 5.73 Å². The lowest BCUT2D eigenvalue weighted by molar-refractivity contribution is 0.674. The van der Waals surface area contributed by atoms with Gasteiger partial charge in [-0.1, -0.05) is 44.2 Å². The Morgan fingerprint density at radius 3 is 2.40 bits per heavy atom. The summed E-state index contributed by atoms with van der Waals surface area (Å²) in [5, 5.41) is 8.46. The van der Waals surface area contributed by atoms with Gasteiger partial charge in [-0.3, -0.25) is 0 Å². The van der Waals surface area contributed by atoms with Gasteiger partial charge in [-0.2, -0.15) is 5.26 Å². The first kappa shape index (κ1) is 13.7. The Kier molecular flexibility index (Phi) is 8.42. The quantitative estimate of drug-likeness (QED) is 0.819. The molecule has 0 saturated carbocycles. The van der Waals surface area contributed by atoms with E-state index < -0.39 is 0 Å². The van der Waals surface area contributed by atoms with Crippen molar-refractivity contribution in [2.45, 2.75) is 39.2 Å². The third-order valence-electron chi connectivity index (χ3n) is 1.99. The molecule has 15 heavy (non-hydrogen) atoms. The van der Waals surface area contributed by atoms with Crippen molar-refractivity contribution in [1.82, 2.24) is 0 Å². The number of aryl methyl sites for hydroxylation is 1. The third kappa shape index (κ3) is 6.70. The Bertz CT molecular complexity index is 274. The predicted molar refractivity (Wildman–Crippen MR) is 64.3 cm³/mol. The fraction of sp³-hybridized carbons (Fsp3) is 0.462. The van der Waals surface area contributed by atoms with Crippen LogP contribution in [0.2, 0.25) is 0 Å². The minimum Gasteiger partial charge on any atom is -0.316 e. The summed E-state index contributed by atoms with van der Waals surface area (Å²) in [6.45, 7) is 4.00. The van der Waals surface area contributed by atoms with E-state index in [2.05, 4.69) is 12.1 Å². The van der Waals surface area contributed by atoms with E-state index in [1.54, 1.807) is 0 Å². The molecule has 2 heteroatoms. The third-order valence-corrected chi connectivity index (χ3v) is 1.99. The van der Waals surface area contributed by atoms with Crippen molar-refractivity contribution in [3.8, 4) is 6.07 Å². The van der Waals surface area contributed by atoms with E-state index in [-0.39, 0.29) is 6.04 Å². The summed E-state index contributed by atoms with van der Waals surface area (Å²) < 4.78 is 0. The second-order valence-corrected chi connectivity index (χ2v) is 3.11. The average Bonchev–Trinajstić information content (AvgIpc) is 2.33. The molecule has 2 nitrogen and oxygen atoms in total. The van der Waals surface area contributed by atoms with Crippen LogP contribution in [0.5, 0.6) is 0 Å². The number of nitrogens with zero attached hydrogens (tertiary/aromatic N) is 1. The highest BCUT2D eigenvalue weighted by atomic mass is 14.6. The maximum absolute atomic E-state index is 8.46. The molecule has 0 spiro atoms. The first-order chi connectivity index (χ1) is 7.33. The molecule has 0 aliphatic carbocycles. The van der Waals surface area contributed by atoms with E-state index >= 15 is 0 Å². The van der Waals surface area contributed by atoms with Crippen LogP contribution in [0.15, 0.2) is 30.3 Å². The van der Waals surface area contributed by atoms with Crippen molar-refractivity contribution in [3.63, 3.8) is 0 Å². The van der Waals surface area contributed by atoms with Crippen molar-refractivity contribution in [2.75, 3.05) is 0 Å². The molecule has 0 bridgehead atoms. The zero-order valence-electron chi connectivity index (χ0n) is 9.61. The maximum Gasteiger partial charge on any atom is 0.0928 e. The first-order valence-electron chi connectivity index (χ1n) is 5.52. The molecule has 0 saturated heterocycles. The van der Waals surface area contributed by atoms with Gasteiger partial charge in [-0.15, -0.1) is 0 Å². The molecular formula is C13H20N2. The number of nitrogens with two attached hydrogens (primary N) is 1. The molecule has 1 rings (SSSR count). The molecule has 1 unspecified atom stereocenters. The number of rotatable bonds is 4. The van der Waals surface area contributed by atoms with Gasteiger partial charge < -0.3 is 5.73 Å². The molecule has 0 fully saturated rings. The van der Waals surface area contributed by atoms with Crippen LogP contribution in [-0.4, -0.2) is 6.04 Å². The van der Waals surface area contributed by atoms with E-state index in [1.807, 2.05) is 38.1 Å². The zero-order valence-corrected chi connectivity index (χ0v) is 9.61. The summed E-state index contributed by atoms with van der Waals surface area (Å²) in [7, 11) is 0. The second kappa shape index (κ2) is 9.23. The molecule has 0 heterocycles. The standard InChI is InChI=1S/C11H14N2.C2H6/c12-9-11(13)8-4-7-10-5-2-1-3-6-10;1-2/h1-3,5-6,11H,4,7-8,13H2;1-2H3. The lowest BCUT2D eigenvalue weighted by Gasteiger charge is -2.02. The van der Waals surface area contributed by atoms with Crippen LogP contribution >= 0.6 is 0 Å². The van der Waals surface area contributed by atoms with E-state index in [0.717, 1.165) is 19.3 Å². The van der Waals surface area contributed by atoms with Gasteiger partial charge in [0.25, 0.3) is 0 Å². The van der Waals surface area contributed by atoms with E-state index in [1.165, 1.54) is 5.56 Å². The largest absolute Gasteiger partial charge is 0.316 e. The maximum atomic E-state index is 8.46. The van der Waals surface area contributed by atoms with Crippen molar-refractivity contribution >= 4 is 0 Å². The molecule has 0 aromatic heterocycles. The van der Waals surface area contributed by atoms with Crippen molar-refractivity contribution in [1.29, 1.82) is 5.26 Å². The zero-order chi connectivity index (χ0) is 11.5. The van der Waals surface area contributed by atoms with E-state index in [9.17, 15) is 0 Å². The molecule has 82 valence electrons. The Labute approximate surface area is 92.7 Å². The molecular weight excluding hydrogens is 184 g/mol. The smallest absolute Gasteiger partial charge is 0.0928 e. The summed E-state index contributed by atoms with van der Waals surface area (Å²) in [4.78, 5) is 0. The monoisotopic (exact) mass is 204 g/mol. The van der Waals surface area contributed by atoms with Crippen molar-refractivity contribution < 1.29 is 0 Å². The van der Waals surface area contributed by atoms with E-state index in [0.29, 0.717) is 0 Å². The minimum atomic E-state index is -0.302. The second-order valence-electron chi connectivity index (χ2n) is 3.11.